The molecule has 1 aliphatic rings. The zero-order chi connectivity index (χ0) is 12.7. The number of ether oxygens (including phenoxy) is 2. The van der Waals surface area contributed by atoms with Gasteiger partial charge in [-0.25, -0.2) is 0 Å². The number of nitrogens with one attached hydrogen (secondary N) is 1. The van der Waals surface area contributed by atoms with Crippen molar-refractivity contribution in [3.8, 4) is 0 Å². The van der Waals surface area contributed by atoms with Gasteiger partial charge in [0.05, 0.1) is 12.7 Å². The summed E-state index contributed by atoms with van der Waals surface area (Å²) in [5, 5.41) is 3.50. The predicted molar refractivity (Wildman–Crippen MR) is 70.4 cm³/mol. The molecule has 1 N–H and O–H groups in total. The van der Waals surface area contributed by atoms with Crippen molar-refractivity contribution in [3.63, 3.8) is 0 Å². The van der Waals surface area contributed by atoms with Crippen molar-refractivity contribution >= 4 is 0 Å². The molecule has 1 saturated heterocycles. The standard InChI is InChI=1S/C13H28N2O2/c1-11(2)14-8-13(10-16-4)15-6-5-7-17-12(3)9-15/h11-14H,5-10H2,1-4H3. The molecule has 0 bridgehead atoms. The Bertz CT molecular complexity index is 200. The molecule has 1 fully saturated rings. The lowest BCUT2D eigenvalue weighted by Crippen LogP contribution is -2.48. The normalized spacial score (nSPS) is 24.9. The highest BCUT2D eigenvalue weighted by Gasteiger charge is 2.22. The van der Waals surface area contributed by atoms with Gasteiger partial charge in [-0.1, -0.05) is 13.8 Å². The monoisotopic (exact) mass is 244 g/mol. The fraction of sp³-hybridized carbons (Fsp3) is 1.00. The Morgan fingerprint density at radius 3 is 2.88 bits per heavy atom. The summed E-state index contributed by atoms with van der Waals surface area (Å²) in [6.07, 6.45) is 1.45. The van der Waals surface area contributed by atoms with Gasteiger partial charge in [0.25, 0.3) is 0 Å². The maximum Gasteiger partial charge on any atom is 0.0674 e. The fourth-order valence-electron chi connectivity index (χ4n) is 2.22. The van der Waals surface area contributed by atoms with E-state index in [2.05, 4.69) is 31.0 Å². The van der Waals surface area contributed by atoms with Crippen LogP contribution in [0.2, 0.25) is 0 Å². The van der Waals surface area contributed by atoms with Crippen LogP contribution in [-0.4, -0.2) is 63.0 Å². The van der Waals surface area contributed by atoms with Crippen LogP contribution < -0.4 is 5.32 Å². The quantitative estimate of drug-likeness (QED) is 0.759. The van der Waals surface area contributed by atoms with E-state index >= 15 is 0 Å². The molecule has 0 spiro atoms. The van der Waals surface area contributed by atoms with E-state index in [1.165, 1.54) is 0 Å². The van der Waals surface area contributed by atoms with Crippen LogP contribution in [0.15, 0.2) is 0 Å². The van der Waals surface area contributed by atoms with Crippen LogP contribution in [0.3, 0.4) is 0 Å². The molecule has 0 aromatic carbocycles. The molecule has 0 amide bonds. The summed E-state index contributed by atoms with van der Waals surface area (Å²) in [5.41, 5.74) is 0. The van der Waals surface area contributed by atoms with Crippen molar-refractivity contribution in [2.45, 2.75) is 45.4 Å². The van der Waals surface area contributed by atoms with E-state index in [1.54, 1.807) is 7.11 Å². The summed E-state index contributed by atoms with van der Waals surface area (Å²) in [6.45, 7) is 11.3. The van der Waals surface area contributed by atoms with E-state index in [4.69, 9.17) is 9.47 Å². The second-order valence-corrected chi connectivity index (χ2v) is 5.20. The lowest BCUT2D eigenvalue weighted by atomic mass is 10.2. The molecule has 4 heteroatoms. The van der Waals surface area contributed by atoms with Gasteiger partial charge in [0.1, 0.15) is 0 Å². The van der Waals surface area contributed by atoms with Gasteiger partial charge in [0.2, 0.25) is 0 Å². The number of nitrogens with zero attached hydrogens (tertiary/aromatic N) is 1. The molecular weight excluding hydrogens is 216 g/mol. The van der Waals surface area contributed by atoms with E-state index in [-0.39, 0.29) is 0 Å². The third-order valence-electron chi connectivity index (χ3n) is 3.12. The van der Waals surface area contributed by atoms with Crippen LogP contribution >= 0.6 is 0 Å². The SMILES string of the molecule is COCC(CNC(C)C)N1CCCOC(C)C1. The van der Waals surface area contributed by atoms with Crippen molar-refractivity contribution in [2.75, 3.05) is 40.0 Å². The Balaban J connectivity index is 2.48. The van der Waals surface area contributed by atoms with Gasteiger partial charge in [-0.2, -0.15) is 0 Å². The molecule has 1 heterocycles. The Morgan fingerprint density at radius 2 is 2.24 bits per heavy atom. The van der Waals surface area contributed by atoms with Crippen molar-refractivity contribution in [1.82, 2.24) is 10.2 Å². The second kappa shape index (κ2) is 8.03. The minimum atomic E-state index is 0.330. The van der Waals surface area contributed by atoms with Crippen molar-refractivity contribution in [3.05, 3.63) is 0 Å². The zero-order valence-corrected chi connectivity index (χ0v) is 11.7. The van der Waals surface area contributed by atoms with Gasteiger partial charge in [-0.05, 0) is 13.3 Å². The highest BCUT2D eigenvalue weighted by atomic mass is 16.5. The van der Waals surface area contributed by atoms with E-state index in [0.29, 0.717) is 18.2 Å². The lowest BCUT2D eigenvalue weighted by Gasteiger charge is -2.31. The number of hydrogen-bond acceptors (Lipinski definition) is 4. The van der Waals surface area contributed by atoms with Crippen LogP contribution in [-0.2, 0) is 9.47 Å². The lowest BCUT2D eigenvalue weighted by molar-refractivity contribution is 0.0448. The first-order valence-corrected chi connectivity index (χ1v) is 6.71. The largest absolute Gasteiger partial charge is 0.383 e. The molecular formula is C13H28N2O2. The Kier molecular flexibility index (Phi) is 7.04. The molecule has 2 unspecified atom stereocenters. The summed E-state index contributed by atoms with van der Waals surface area (Å²) >= 11 is 0. The topological polar surface area (TPSA) is 33.7 Å². The smallest absolute Gasteiger partial charge is 0.0674 e. The molecule has 0 aliphatic carbocycles. The first-order chi connectivity index (χ1) is 8.13. The molecule has 1 rings (SSSR count). The summed E-state index contributed by atoms with van der Waals surface area (Å²) in [5.74, 6) is 0. The summed E-state index contributed by atoms with van der Waals surface area (Å²) in [7, 11) is 1.78. The third-order valence-corrected chi connectivity index (χ3v) is 3.12. The average Bonchev–Trinajstić information content (AvgIpc) is 2.48. The molecule has 0 aromatic rings. The first-order valence-electron chi connectivity index (χ1n) is 6.71. The average molecular weight is 244 g/mol. The maximum atomic E-state index is 5.68. The van der Waals surface area contributed by atoms with E-state index in [9.17, 15) is 0 Å². The molecule has 0 radical (unpaired) electrons. The van der Waals surface area contributed by atoms with Crippen molar-refractivity contribution < 1.29 is 9.47 Å². The Labute approximate surface area is 106 Å². The van der Waals surface area contributed by atoms with Crippen LogP contribution in [0.1, 0.15) is 27.2 Å². The van der Waals surface area contributed by atoms with Gasteiger partial charge < -0.3 is 14.8 Å². The summed E-state index contributed by atoms with van der Waals surface area (Å²) < 4.78 is 11.0. The van der Waals surface area contributed by atoms with Crippen molar-refractivity contribution in [1.29, 1.82) is 0 Å². The highest BCUT2D eigenvalue weighted by Crippen LogP contribution is 2.09. The van der Waals surface area contributed by atoms with Crippen LogP contribution in [0, 0.1) is 0 Å². The van der Waals surface area contributed by atoms with Gasteiger partial charge in [0.15, 0.2) is 0 Å². The van der Waals surface area contributed by atoms with Gasteiger partial charge in [0, 0.05) is 45.4 Å². The first kappa shape index (κ1) is 14.9. The third kappa shape index (κ3) is 5.82. The molecule has 0 aromatic heterocycles. The molecule has 4 nitrogen and oxygen atoms in total. The predicted octanol–water partition coefficient (Wildman–Crippen LogP) is 1.11. The van der Waals surface area contributed by atoms with Gasteiger partial charge in [-0.3, -0.25) is 4.90 Å². The second-order valence-electron chi connectivity index (χ2n) is 5.20. The molecule has 0 saturated carbocycles. The fourth-order valence-corrected chi connectivity index (χ4v) is 2.22. The summed E-state index contributed by atoms with van der Waals surface area (Å²) in [4.78, 5) is 2.50. The van der Waals surface area contributed by atoms with Gasteiger partial charge >= 0.3 is 0 Å². The zero-order valence-electron chi connectivity index (χ0n) is 11.7. The summed E-state index contributed by atoms with van der Waals surface area (Å²) in [6, 6.07) is 0.974. The van der Waals surface area contributed by atoms with Crippen LogP contribution in [0.4, 0.5) is 0 Å². The van der Waals surface area contributed by atoms with E-state index in [1.807, 2.05) is 0 Å². The number of hydrogen-bond donors (Lipinski definition) is 1. The molecule has 2 atom stereocenters. The van der Waals surface area contributed by atoms with Crippen LogP contribution in [0.25, 0.3) is 0 Å². The van der Waals surface area contributed by atoms with Gasteiger partial charge in [-0.15, -0.1) is 0 Å². The maximum absolute atomic E-state index is 5.68. The minimum absolute atomic E-state index is 0.330. The minimum Gasteiger partial charge on any atom is -0.383 e. The highest BCUT2D eigenvalue weighted by molar-refractivity contribution is 4.78. The Morgan fingerprint density at radius 1 is 1.47 bits per heavy atom. The molecule has 102 valence electrons. The number of rotatable bonds is 6. The van der Waals surface area contributed by atoms with E-state index in [0.717, 1.165) is 39.3 Å². The van der Waals surface area contributed by atoms with E-state index < -0.39 is 0 Å². The Hall–Kier alpha value is -0.160. The molecule has 17 heavy (non-hydrogen) atoms. The molecule has 1 aliphatic heterocycles. The number of methoxy groups -OCH3 is 1. The van der Waals surface area contributed by atoms with Crippen LogP contribution in [0.5, 0.6) is 0 Å². The van der Waals surface area contributed by atoms with Crippen molar-refractivity contribution in [2.24, 2.45) is 0 Å².